The summed E-state index contributed by atoms with van der Waals surface area (Å²) >= 11 is 7.39. The van der Waals surface area contributed by atoms with Crippen LogP contribution in [0.15, 0.2) is 47.5 Å². The smallest absolute Gasteiger partial charge is 0.164 e. The number of halogens is 3. The summed E-state index contributed by atoms with van der Waals surface area (Å²) in [4.78, 5) is 6.13. The lowest BCUT2D eigenvalue weighted by Crippen LogP contribution is -2.39. The average molecular weight is 429 g/mol. The number of fused-ring (bicyclic) bond motifs is 1. The van der Waals surface area contributed by atoms with Crippen LogP contribution < -0.4 is 4.90 Å². The molecule has 4 rings (SSSR count). The molecule has 9 heteroatoms. The number of anilines is 1. The second-order valence-corrected chi connectivity index (χ2v) is 10.0. The highest BCUT2D eigenvalue weighted by atomic mass is 35.5. The molecule has 1 saturated heterocycles. The van der Waals surface area contributed by atoms with Gasteiger partial charge in [0.2, 0.25) is 0 Å². The van der Waals surface area contributed by atoms with Crippen LogP contribution in [-0.2, 0) is 15.6 Å². The zero-order chi connectivity index (χ0) is 19.2. The van der Waals surface area contributed by atoms with Crippen molar-refractivity contribution >= 4 is 44.1 Å². The quantitative estimate of drug-likeness (QED) is 0.744. The number of thioether (sulfide) groups is 1. The predicted octanol–water partition coefficient (Wildman–Crippen LogP) is 3.89. The van der Waals surface area contributed by atoms with E-state index in [0.717, 1.165) is 17.7 Å². The molecule has 0 bridgehead atoms. The van der Waals surface area contributed by atoms with Crippen molar-refractivity contribution in [3.63, 3.8) is 0 Å². The fourth-order valence-corrected chi connectivity index (χ4v) is 6.48. The number of rotatable bonds is 3. The van der Waals surface area contributed by atoms with E-state index in [2.05, 4.69) is 4.99 Å². The molecule has 142 valence electrons. The fraction of sp³-hybridized carbons (Fsp3) is 0.278. The lowest BCUT2D eigenvalue weighted by molar-refractivity contribution is 0.577. The Kier molecular flexibility index (Phi) is 4.90. The van der Waals surface area contributed by atoms with Gasteiger partial charge in [0.15, 0.2) is 15.0 Å². The number of sulfone groups is 1. The van der Waals surface area contributed by atoms with Crippen LogP contribution >= 0.6 is 23.4 Å². The Morgan fingerprint density at radius 3 is 2.74 bits per heavy atom. The third-order valence-electron chi connectivity index (χ3n) is 4.53. The second-order valence-electron chi connectivity index (χ2n) is 6.51. The third kappa shape index (κ3) is 3.83. The first-order valence-electron chi connectivity index (χ1n) is 8.22. The van der Waals surface area contributed by atoms with Gasteiger partial charge in [-0.1, -0.05) is 35.5 Å². The first-order valence-corrected chi connectivity index (χ1v) is 11.4. The minimum absolute atomic E-state index is 0.0573. The maximum absolute atomic E-state index is 14.4. The molecule has 2 atom stereocenters. The van der Waals surface area contributed by atoms with Crippen LogP contribution in [0.5, 0.6) is 0 Å². The summed E-state index contributed by atoms with van der Waals surface area (Å²) < 4.78 is 51.8. The summed E-state index contributed by atoms with van der Waals surface area (Å²) in [7, 11) is -3.24. The fourth-order valence-electron chi connectivity index (χ4n) is 3.37. The largest absolute Gasteiger partial charge is 0.312 e. The van der Waals surface area contributed by atoms with Crippen LogP contribution in [0.1, 0.15) is 5.56 Å². The minimum Gasteiger partial charge on any atom is -0.312 e. The van der Waals surface area contributed by atoms with Crippen LogP contribution in [0.4, 0.5) is 14.5 Å². The van der Waals surface area contributed by atoms with Crippen molar-refractivity contribution in [3.8, 4) is 0 Å². The molecule has 2 aliphatic rings. The van der Waals surface area contributed by atoms with Crippen molar-refractivity contribution in [3.05, 3.63) is 64.7 Å². The summed E-state index contributed by atoms with van der Waals surface area (Å²) in [6.45, 7) is 0. The molecule has 2 aromatic carbocycles. The molecule has 0 aromatic heterocycles. The summed E-state index contributed by atoms with van der Waals surface area (Å²) in [5.41, 5.74) is 1.11. The van der Waals surface area contributed by atoms with Gasteiger partial charge in [0.05, 0.1) is 29.3 Å². The topological polar surface area (TPSA) is 49.7 Å². The van der Waals surface area contributed by atoms with E-state index in [1.54, 1.807) is 11.0 Å². The Hall–Kier alpha value is -1.64. The van der Waals surface area contributed by atoms with Crippen molar-refractivity contribution in [2.75, 3.05) is 16.4 Å². The van der Waals surface area contributed by atoms with Crippen molar-refractivity contribution in [1.29, 1.82) is 0 Å². The SMILES string of the molecule is O=S1(=O)CC2N=C(SCc3cccc(Cl)c3)N(c3ccc(F)cc3F)C2C1. The molecule has 2 heterocycles. The third-order valence-corrected chi connectivity index (χ3v) is 7.51. The number of amidine groups is 1. The van der Waals surface area contributed by atoms with Crippen LogP contribution in [0.3, 0.4) is 0 Å². The van der Waals surface area contributed by atoms with Gasteiger partial charge in [0.25, 0.3) is 0 Å². The molecule has 0 amide bonds. The van der Waals surface area contributed by atoms with E-state index in [4.69, 9.17) is 11.6 Å². The van der Waals surface area contributed by atoms with E-state index in [-0.39, 0.29) is 17.2 Å². The lowest BCUT2D eigenvalue weighted by Gasteiger charge is -2.26. The Balaban J connectivity index is 1.65. The Morgan fingerprint density at radius 2 is 2.00 bits per heavy atom. The molecule has 0 spiro atoms. The standard InChI is InChI=1S/C18H15ClF2N2O2S2/c19-12-3-1-2-11(6-12)8-26-18-22-15-9-27(24,25)10-17(15)23(18)16-5-4-13(20)7-14(16)21/h1-7,15,17H,8-10H2. The molecule has 27 heavy (non-hydrogen) atoms. The van der Waals surface area contributed by atoms with Gasteiger partial charge in [0.1, 0.15) is 11.6 Å². The van der Waals surface area contributed by atoms with Crippen LogP contribution in [0.25, 0.3) is 0 Å². The first kappa shape index (κ1) is 18.7. The van der Waals surface area contributed by atoms with E-state index in [1.807, 2.05) is 18.2 Å². The molecule has 0 N–H and O–H groups in total. The molecular weight excluding hydrogens is 414 g/mol. The van der Waals surface area contributed by atoms with Crippen molar-refractivity contribution < 1.29 is 17.2 Å². The second kappa shape index (κ2) is 7.07. The maximum Gasteiger partial charge on any atom is 0.164 e. The van der Waals surface area contributed by atoms with E-state index in [9.17, 15) is 17.2 Å². The van der Waals surface area contributed by atoms with Crippen molar-refractivity contribution in [1.82, 2.24) is 0 Å². The highest BCUT2D eigenvalue weighted by molar-refractivity contribution is 8.13. The van der Waals surface area contributed by atoms with E-state index < -0.39 is 33.6 Å². The van der Waals surface area contributed by atoms with E-state index in [0.29, 0.717) is 15.9 Å². The molecule has 0 aliphatic carbocycles. The molecule has 0 radical (unpaired) electrons. The van der Waals surface area contributed by atoms with Gasteiger partial charge < -0.3 is 4.90 Å². The van der Waals surface area contributed by atoms with Crippen LogP contribution in [0, 0.1) is 11.6 Å². The zero-order valence-electron chi connectivity index (χ0n) is 14.0. The van der Waals surface area contributed by atoms with Crippen LogP contribution in [-0.4, -0.2) is 37.2 Å². The number of benzene rings is 2. The van der Waals surface area contributed by atoms with Gasteiger partial charge in [-0.15, -0.1) is 0 Å². The predicted molar refractivity (Wildman–Crippen MR) is 105 cm³/mol. The van der Waals surface area contributed by atoms with Crippen molar-refractivity contribution in [2.45, 2.75) is 17.8 Å². The first-order chi connectivity index (χ1) is 12.8. The Bertz CT molecular complexity index is 1030. The van der Waals surface area contributed by atoms with Gasteiger partial charge in [-0.05, 0) is 29.8 Å². The van der Waals surface area contributed by atoms with Gasteiger partial charge in [-0.25, -0.2) is 17.2 Å². The summed E-state index contributed by atoms with van der Waals surface area (Å²) in [6, 6.07) is 9.73. The van der Waals surface area contributed by atoms with Gasteiger partial charge in [-0.3, -0.25) is 4.99 Å². The average Bonchev–Trinajstić information content (AvgIpc) is 3.05. The van der Waals surface area contributed by atoms with Gasteiger partial charge >= 0.3 is 0 Å². The normalized spacial score (nSPS) is 23.4. The molecule has 0 saturated carbocycles. The number of hydrogen-bond acceptors (Lipinski definition) is 5. The number of hydrogen-bond donors (Lipinski definition) is 0. The summed E-state index contributed by atoms with van der Waals surface area (Å²) in [6.07, 6.45) is 0. The lowest BCUT2D eigenvalue weighted by atomic mass is 10.1. The highest BCUT2D eigenvalue weighted by Gasteiger charge is 2.47. The number of nitrogens with zero attached hydrogens (tertiary/aromatic N) is 2. The Labute approximate surface area is 165 Å². The monoisotopic (exact) mass is 428 g/mol. The molecule has 2 aliphatic heterocycles. The van der Waals surface area contributed by atoms with E-state index in [1.165, 1.54) is 17.8 Å². The maximum atomic E-state index is 14.4. The molecule has 4 nitrogen and oxygen atoms in total. The highest BCUT2D eigenvalue weighted by Crippen LogP contribution is 2.37. The molecule has 2 unspecified atom stereocenters. The minimum atomic E-state index is -3.24. The van der Waals surface area contributed by atoms with Crippen LogP contribution in [0.2, 0.25) is 5.02 Å². The zero-order valence-corrected chi connectivity index (χ0v) is 16.4. The summed E-state index contributed by atoms with van der Waals surface area (Å²) in [5.74, 6) is -1.03. The molecular formula is C18H15ClF2N2O2S2. The molecule has 1 fully saturated rings. The van der Waals surface area contributed by atoms with Gasteiger partial charge in [-0.2, -0.15) is 0 Å². The summed E-state index contributed by atoms with van der Waals surface area (Å²) in [5, 5.41) is 1.15. The van der Waals surface area contributed by atoms with E-state index >= 15 is 0 Å². The Morgan fingerprint density at radius 1 is 1.19 bits per heavy atom. The van der Waals surface area contributed by atoms with Gasteiger partial charge in [0, 0.05) is 16.8 Å². The number of aliphatic imine (C=N–C) groups is 1. The molecule has 2 aromatic rings. The van der Waals surface area contributed by atoms with Crippen molar-refractivity contribution in [2.24, 2.45) is 4.99 Å².